The highest BCUT2D eigenvalue weighted by Crippen LogP contribution is 2.29. The van der Waals surface area contributed by atoms with Crippen LogP contribution in [0.25, 0.3) is 0 Å². The van der Waals surface area contributed by atoms with Crippen LogP contribution in [0.2, 0.25) is 0 Å². The molecular weight excluding hydrogens is 326 g/mol. The lowest BCUT2D eigenvalue weighted by molar-refractivity contribution is 0.294. The Bertz CT molecular complexity index is 441. The predicted molar refractivity (Wildman–Crippen MR) is 126 cm³/mol. The molecule has 0 saturated heterocycles. The van der Waals surface area contributed by atoms with Crippen molar-refractivity contribution in [2.75, 3.05) is 6.54 Å². The number of nitrogens with zero attached hydrogens (tertiary/aromatic N) is 1. The van der Waals surface area contributed by atoms with Gasteiger partial charge in [0.05, 0.1) is 6.54 Å². The van der Waals surface area contributed by atoms with E-state index in [0.717, 1.165) is 37.1 Å². The average Bonchev–Trinajstić information content (AvgIpc) is 2.66. The summed E-state index contributed by atoms with van der Waals surface area (Å²) in [7, 11) is 0. The monoisotopic (exact) mass is 375 g/mol. The largest absolute Gasteiger partial charge is 0.289 e. The summed E-state index contributed by atoms with van der Waals surface area (Å²) in [6.45, 7) is 19.6. The molecule has 3 atom stereocenters. The fourth-order valence-electron chi connectivity index (χ4n) is 4.00. The molecule has 0 heterocycles. The molecule has 0 aromatic heterocycles. The first-order valence-electron chi connectivity index (χ1n) is 11.7. The normalized spacial score (nSPS) is 16.9. The summed E-state index contributed by atoms with van der Waals surface area (Å²) in [5, 5.41) is 0. The minimum atomic E-state index is 0.683. The Morgan fingerprint density at radius 2 is 1.56 bits per heavy atom. The smallest absolute Gasteiger partial charge is 0.0602 e. The van der Waals surface area contributed by atoms with E-state index < -0.39 is 0 Å². The maximum atomic E-state index is 4.60. The van der Waals surface area contributed by atoms with Crippen LogP contribution < -0.4 is 0 Å². The SMILES string of the molecule is CCC=CC=NCC(CC)=C(C)C(C)CCC(CC)CCC(CC)C(C)C. The Kier molecular flexibility index (Phi) is 15.6. The fraction of sp³-hybridized carbons (Fsp3) is 0.808. The van der Waals surface area contributed by atoms with E-state index in [-0.39, 0.29) is 0 Å². The van der Waals surface area contributed by atoms with Crippen LogP contribution >= 0.6 is 0 Å². The van der Waals surface area contributed by atoms with Gasteiger partial charge in [0.1, 0.15) is 0 Å². The van der Waals surface area contributed by atoms with Crippen LogP contribution in [0.15, 0.2) is 28.3 Å². The second-order valence-corrected chi connectivity index (χ2v) is 8.71. The van der Waals surface area contributed by atoms with E-state index in [1.165, 1.54) is 44.1 Å². The molecule has 158 valence electrons. The molecule has 1 nitrogen and oxygen atoms in total. The summed E-state index contributed by atoms with van der Waals surface area (Å²) in [6, 6.07) is 0. The molecule has 0 aliphatic heterocycles. The van der Waals surface area contributed by atoms with E-state index >= 15 is 0 Å². The molecule has 0 spiro atoms. The van der Waals surface area contributed by atoms with Crippen LogP contribution in [0.5, 0.6) is 0 Å². The lowest BCUT2D eigenvalue weighted by atomic mass is 9.82. The Morgan fingerprint density at radius 1 is 0.889 bits per heavy atom. The molecule has 0 N–H and O–H groups in total. The van der Waals surface area contributed by atoms with E-state index in [4.69, 9.17) is 0 Å². The van der Waals surface area contributed by atoms with Gasteiger partial charge in [-0.15, -0.1) is 0 Å². The maximum Gasteiger partial charge on any atom is 0.0602 e. The second-order valence-electron chi connectivity index (χ2n) is 8.71. The second kappa shape index (κ2) is 16.1. The highest BCUT2D eigenvalue weighted by Gasteiger charge is 2.16. The molecule has 0 amide bonds. The third kappa shape index (κ3) is 11.6. The quantitative estimate of drug-likeness (QED) is 0.200. The third-order valence-electron chi connectivity index (χ3n) is 6.57. The summed E-state index contributed by atoms with van der Waals surface area (Å²) in [5.41, 5.74) is 3.11. The van der Waals surface area contributed by atoms with E-state index in [0.29, 0.717) is 5.92 Å². The highest BCUT2D eigenvalue weighted by molar-refractivity contribution is 5.71. The summed E-state index contributed by atoms with van der Waals surface area (Å²) in [4.78, 5) is 4.60. The van der Waals surface area contributed by atoms with Gasteiger partial charge in [-0.2, -0.15) is 0 Å². The molecule has 0 rings (SSSR count). The Morgan fingerprint density at radius 3 is 2.07 bits per heavy atom. The Hall–Kier alpha value is -0.850. The zero-order chi connectivity index (χ0) is 20.7. The lowest BCUT2D eigenvalue weighted by Crippen LogP contribution is -2.11. The van der Waals surface area contributed by atoms with Crippen LogP contribution in [0.3, 0.4) is 0 Å². The molecule has 0 saturated carbocycles. The van der Waals surface area contributed by atoms with Crippen molar-refractivity contribution in [1.82, 2.24) is 0 Å². The number of hydrogen-bond acceptors (Lipinski definition) is 1. The van der Waals surface area contributed by atoms with Gasteiger partial charge in [-0.25, -0.2) is 0 Å². The molecule has 0 aromatic carbocycles. The van der Waals surface area contributed by atoms with Crippen molar-refractivity contribution in [1.29, 1.82) is 0 Å². The number of hydrogen-bond donors (Lipinski definition) is 0. The standard InChI is InChI=1S/C26H49N/c1-9-13-14-19-27-20-26(12-4)23(8)22(7)15-16-24(10-2)17-18-25(11-3)21(5)6/h13-14,19,21-22,24-25H,9-12,15-18,20H2,1-8H3. The zero-order valence-corrected chi connectivity index (χ0v) is 19.9. The van der Waals surface area contributed by atoms with Crippen LogP contribution in [-0.4, -0.2) is 12.8 Å². The van der Waals surface area contributed by atoms with Gasteiger partial charge in [-0.05, 0) is 68.8 Å². The molecular formula is C26H49N. The van der Waals surface area contributed by atoms with Crippen molar-refractivity contribution in [3.8, 4) is 0 Å². The highest BCUT2D eigenvalue weighted by atomic mass is 14.7. The summed E-state index contributed by atoms with van der Waals surface area (Å²) >= 11 is 0. The van der Waals surface area contributed by atoms with Gasteiger partial charge in [0, 0.05) is 6.21 Å². The lowest BCUT2D eigenvalue weighted by Gasteiger charge is -2.24. The summed E-state index contributed by atoms with van der Waals surface area (Å²) in [5.74, 6) is 3.32. The van der Waals surface area contributed by atoms with Gasteiger partial charge >= 0.3 is 0 Å². The van der Waals surface area contributed by atoms with E-state index in [9.17, 15) is 0 Å². The van der Waals surface area contributed by atoms with Crippen LogP contribution in [0, 0.1) is 23.7 Å². The molecule has 0 radical (unpaired) electrons. The third-order valence-corrected chi connectivity index (χ3v) is 6.57. The number of rotatable bonds is 15. The fourth-order valence-corrected chi connectivity index (χ4v) is 4.00. The molecule has 1 heteroatoms. The van der Waals surface area contributed by atoms with E-state index in [2.05, 4.69) is 72.5 Å². The number of allylic oxidation sites excluding steroid dienone is 3. The van der Waals surface area contributed by atoms with Gasteiger partial charge < -0.3 is 0 Å². The molecule has 0 aliphatic carbocycles. The van der Waals surface area contributed by atoms with Crippen molar-refractivity contribution < 1.29 is 0 Å². The first-order chi connectivity index (χ1) is 12.9. The summed E-state index contributed by atoms with van der Waals surface area (Å²) < 4.78 is 0. The van der Waals surface area contributed by atoms with Crippen molar-refractivity contribution in [3.63, 3.8) is 0 Å². The molecule has 27 heavy (non-hydrogen) atoms. The molecule has 0 fully saturated rings. The molecule has 3 unspecified atom stereocenters. The van der Waals surface area contributed by atoms with Crippen molar-refractivity contribution in [2.24, 2.45) is 28.7 Å². The van der Waals surface area contributed by atoms with Gasteiger partial charge in [0.25, 0.3) is 0 Å². The minimum Gasteiger partial charge on any atom is -0.289 e. The Balaban J connectivity index is 4.61. The zero-order valence-electron chi connectivity index (χ0n) is 19.9. The van der Waals surface area contributed by atoms with Gasteiger partial charge in [0.15, 0.2) is 0 Å². The van der Waals surface area contributed by atoms with Crippen LogP contribution in [-0.2, 0) is 0 Å². The van der Waals surface area contributed by atoms with Crippen molar-refractivity contribution in [3.05, 3.63) is 23.3 Å². The van der Waals surface area contributed by atoms with Crippen molar-refractivity contribution in [2.45, 2.75) is 107 Å². The van der Waals surface area contributed by atoms with Gasteiger partial charge in [0.2, 0.25) is 0 Å². The topological polar surface area (TPSA) is 12.4 Å². The van der Waals surface area contributed by atoms with E-state index in [1.807, 2.05) is 6.21 Å². The Labute approximate surface area is 171 Å². The summed E-state index contributed by atoms with van der Waals surface area (Å²) in [6.07, 6.45) is 16.6. The van der Waals surface area contributed by atoms with Gasteiger partial charge in [-0.3, -0.25) is 4.99 Å². The minimum absolute atomic E-state index is 0.683. The first kappa shape index (κ1) is 26.1. The molecule has 0 bridgehead atoms. The molecule has 0 aromatic rings. The first-order valence-corrected chi connectivity index (χ1v) is 11.7. The van der Waals surface area contributed by atoms with E-state index in [1.54, 1.807) is 5.57 Å². The van der Waals surface area contributed by atoms with Crippen molar-refractivity contribution >= 4 is 6.21 Å². The van der Waals surface area contributed by atoms with Crippen LogP contribution in [0.4, 0.5) is 0 Å². The van der Waals surface area contributed by atoms with Gasteiger partial charge in [-0.1, -0.05) is 85.0 Å². The predicted octanol–water partition coefficient (Wildman–Crippen LogP) is 8.65. The average molecular weight is 376 g/mol. The maximum absolute atomic E-state index is 4.60. The van der Waals surface area contributed by atoms with Crippen LogP contribution in [0.1, 0.15) is 107 Å². The molecule has 0 aliphatic rings. The number of aliphatic imine (C=N–C) groups is 1.